The van der Waals surface area contributed by atoms with E-state index in [2.05, 4.69) is 25.2 Å². The first-order valence-electron chi connectivity index (χ1n) is 12.4. The van der Waals surface area contributed by atoms with Gasteiger partial charge in [0, 0.05) is 26.2 Å². The standard InChI is InChI=1S/C23H31N7O7S/c1-4-7-18-20-21(28(3)27-18)23(31)26-22(25-20)17-12-16(8-9-19(17)36-5-2)38(34,35)29-13-15(14-29)24-10-6-11-37-30(32)33/h8-9,12,15,24H,4-7,10-11,13-14H2,1-3H3,(H,25,26,31). The Morgan fingerprint density at radius 2 is 2.05 bits per heavy atom. The Kier molecular flexibility index (Phi) is 8.28. The first-order valence-corrected chi connectivity index (χ1v) is 13.8. The fourth-order valence-electron chi connectivity index (χ4n) is 4.35. The monoisotopic (exact) mass is 549 g/mol. The van der Waals surface area contributed by atoms with E-state index in [4.69, 9.17) is 4.74 Å². The minimum absolute atomic E-state index is 0.0232. The number of fused-ring (bicyclic) bond motifs is 1. The largest absolute Gasteiger partial charge is 0.493 e. The Morgan fingerprint density at radius 3 is 2.74 bits per heavy atom. The molecule has 0 radical (unpaired) electrons. The maximum absolute atomic E-state index is 13.3. The van der Waals surface area contributed by atoms with E-state index in [9.17, 15) is 23.3 Å². The van der Waals surface area contributed by atoms with E-state index in [-0.39, 0.29) is 42.0 Å². The van der Waals surface area contributed by atoms with Gasteiger partial charge in [0.25, 0.3) is 10.6 Å². The van der Waals surface area contributed by atoms with Crippen LogP contribution in [0.3, 0.4) is 0 Å². The Morgan fingerprint density at radius 1 is 1.29 bits per heavy atom. The van der Waals surface area contributed by atoms with Crippen molar-refractivity contribution in [1.29, 1.82) is 0 Å². The lowest BCUT2D eigenvalue weighted by molar-refractivity contribution is -0.757. The Hall–Kier alpha value is -3.56. The van der Waals surface area contributed by atoms with Gasteiger partial charge in [-0.1, -0.05) is 13.3 Å². The number of hydrogen-bond donors (Lipinski definition) is 2. The van der Waals surface area contributed by atoms with Gasteiger partial charge in [-0.15, -0.1) is 10.1 Å². The summed E-state index contributed by atoms with van der Waals surface area (Å²) in [5.41, 5.74) is 1.51. The summed E-state index contributed by atoms with van der Waals surface area (Å²) in [4.78, 5) is 34.9. The number of ether oxygens (including phenoxy) is 1. The fraction of sp³-hybridized carbons (Fsp3) is 0.522. The molecule has 3 aromatic rings. The van der Waals surface area contributed by atoms with E-state index in [0.717, 1.165) is 6.42 Å². The molecule has 2 N–H and O–H groups in total. The second kappa shape index (κ2) is 11.4. The highest BCUT2D eigenvalue weighted by Crippen LogP contribution is 2.33. The van der Waals surface area contributed by atoms with Crippen LogP contribution in [0.4, 0.5) is 0 Å². The van der Waals surface area contributed by atoms with Crippen LogP contribution < -0.4 is 15.6 Å². The molecule has 206 valence electrons. The average Bonchev–Trinajstić information content (AvgIpc) is 3.15. The second-order valence-electron chi connectivity index (χ2n) is 8.91. The van der Waals surface area contributed by atoms with Crippen LogP contribution in [0, 0.1) is 10.1 Å². The van der Waals surface area contributed by atoms with Gasteiger partial charge >= 0.3 is 0 Å². The van der Waals surface area contributed by atoms with Crippen molar-refractivity contribution in [2.24, 2.45) is 7.05 Å². The highest BCUT2D eigenvalue weighted by molar-refractivity contribution is 7.89. The number of H-pyrrole nitrogens is 1. The summed E-state index contributed by atoms with van der Waals surface area (Å²) in [5.74, 6) is 0.600. The molecule has 1 aliphatic heterocycles. The molecule has 0 amide bonds. The molecule has 14 nitrogen and oxygen atoms in total. The van der Waals surface area contributed by atoms with Crippen LogP contribution in [0.15, 0.2) is 27.9 Å². The lowest BCUT2D eigenvalue weighted by Gasteiger charge is -2.38. The van der Waals surface area contributed by atoms with Crippen molar-refractivity contribution in [3.63, 3.8) is 0 Å². The maximum Gasteiger partial charge on any atom is 0.294 e. The van der Waals surface area contributed by atoms with Crippen molar-refractivity contribution in [3.05, 3.63) is 44.4 Å². The average molecular weight is 550 g/mol. The number of benzene rings is 1. The molecule has 38 heavy (non-hydrogen) atoms. The first-order chi connectivity index (χ1) is 18.1. The topological polar surface area (TPSA) is 175 Å². The van der Waals surface area contributed by atoms with Crippen LogP contribution in [-0.2, 0) is 28.3 Å². The van der Waals surface area contributed by atoms with Crippen LogP contribution >= 0.6 is 0 Å². The van der Waals surface area contributed by atoms with Gasteiger partial charge in [0.2, 0.25) is 10.0 Å². The van der Waals surface area contributed by atoms with Gasteiger partial charge in [0.1, 0.15) is 17.1 Å². The van der Waals surface area contributed by atoms with Crippen LogP contribution in [0.5, 0.6) is 5.75 Å². The zero-order chi connectivity index (χ0) is 27.4. The van der Waals surface area contributed by atoms with Gasteiger partial charge in [-0.25, -0.2) is 13.4 Å². The van der Waals surface area contributed by atoms with Crippen molar-refractivity contribution in [3.8, 4) is 17.1 Å². The number of rotatable bonds is 13. The van der Waals surface area contributed by atoms with E-state index in [1.54, 1.807) is 13.1 Å². The highest BCUT2D eigenvalue weighted by Gasteiger charge is 2.36. The van der Waals surface area contributed by atoms with Gasteiger partial charge in [-0.2, -0.15) is 9.40 Å². The second-order valence-corrected chi connectivity index (χ2v) is 10.8. The number of hydrogen-bond acceptors (Lipinski definition) is 10. The molecule has 0 spiro atoms. The van der Waals surface area contributed by atoms with Crippen molar-refractivity contribution in [1.82, 2.24) is 29.4 Å². The summed E-state index contributed by atoms with van der Waals surface area (Å²) < 4.78 is 35.3. The van der Waals surface area contributed by atoms with Gasteiger partial charge in [-0.3, -0.25) is 9.48 Å². The third-order valence-electron chi connectivity index (χ3n) is 6.19. The zero-order valence-electron chi connectivity index (χ0n) is 21.5. The summed E-state index contributed by atoms with van der Waals surface area (Å²) in [7, 11) is -2.13. The number of aromatic nitrogens is 4. The summed E-state index contributed by atoms with van der Waals surface area (Å²) in [6, 6.07) is 4.45. The van der Waals surface area contributed by atoms with Crippen LogP contribution in [0.2, 0.25) is 0 Å². The van der Waals surface area contributed by atoms with Gasteiger partial charge < -0.3 is 19.9 Å². The molecule has 0 bridgehead atoms. The quantitative estimate of drug-likeness (QED) is 0.179. The van der Waals surface area contributed by atoms with E-state index >= 15 is 0 Å². The lowest BCUT2D eigenvalue weighted by Crippen LogP contribution is -2.59. The molecule has 0 unspecified atom stereocenters. The summed E-state index contributed by atoms with van der Waals surface area (Å²) in [6.45, 7) is 5.13. The molecule has 3 heterocycles. The van der Waals surface area contributed by atoms with Gasteiger partial charge in [0.05, 0.1) is 29.4 Å². The predicted molar refractivity (Wildman–Crippen MR) is 138 cm³/mol. The van der Waals surface area contributed by atoms with Crippen molar-refractivity contribution in [2.75, 3.05) is 32.8 Å². The summed E-state index contributed by atoms with van der Waals surface area (Å²) in [6.07, 6.45) is 1.90. The van der Waals surface area contributed by atoms with E-state index < -0.39 is 15.1 Å². The minimum Gasteiger partial charge on any atom is -0.493 e. The number of nitrogens with zero attached hydrogens (tertiary/aromatic N) is 5. The molecule has 0 saturated carbocycles. The highest BCUT2D eigenvalue weighted by atomic mass is 32.2. The Bertz CT molecular complexity index is 1480. The first kappa shape index (κ1) is 27.5. The molecule has 4 rings (SSSR count). The molecule has 1 aromatic carbocycles. The SMILES string of the molecule is CCCc1nn(C)c2c(=O)[nH]c(-c3cc(S(=O)(=O)N4CC(NCCCO[N+](=O)[O-])C4)ccc3OCC)nc12. The maximum atomic E-state index is 13.3. The molecule has 1 aliphatic rings. The Balaban J connectivity index is 1.58. The Labute approximate surface area is 219 Å². The molecular formula is C23H31N7O7S. The number of sulfonamides is 1. The van der Waals surface area contributed by atoms with E-state index in [1.165, 1.54) is 21.1 Å². The van der Waals surface area contributed by atoms with Gasteiger partial charge in [0.15, 0.2) is 5.52 Å². The molecule has 0 atom stereocenters. The predicted octanol–water partition coefficient (Wildman–Crippen LogP) is 1.24. The molecule has 1 fully saturated rings. The van der Waals surface area contributed by atoms with Crippen LogP contribution in [-0.4, -0.2) is 76.4 Å². The van der Waals surface area contributed by atoms with Crippen molar-refractivity contribution < 1.29 is 23.1 Å². The normalized spacial score (nSPS) is 14.5. The van der Waals surface area contributed by atoms with E-state index in [0.29, 0.717) is 54.0 Å². The van der Waals surface area contributed by atoms with Crippen LogP contribution in [0.1, 0.15) is 32.4 Å². The number of aryl methyl sites for hydroxylation is 2. The van der Waals surface area contributed by atoms with E-state index in [1.807, 2.05) is 13.8 Å². The fourth-order valence-corrected chi connectivity index (χ4v) is 5.90. The van der Waals surface area contributed by atoms with Crippen LogP contribution in [0.25, 0.3) is 22.4 Å². The smallest absolute Gasteiger partial charge is 0.294 e. The summed E-state index contributed by atoms with van der Waals surface area (Å²) >= 11 is 0. The molecule has 0 aliphatic carbocycles. The number of nitrogens with one attached hydrogen (secondary N) is 2. The zero-order valence-corrected chi connectivity index (χ0v) is 22.3. The van der Waals surface area contributed by atoms with Crippen molar-refractivity contribution >= 4 is 21.1 Å². The third kappa shape index (κ3) is 5.63. The molecule has 15 heteroatoms. The minimum atomic E-state index is -3.82. The molecule has 2 aromatic heterocycles. The van der Waals surface area contributed by atoms with Crippen molar-refractivity contribution in [2.45, 2.75) is 44.0 Å². The third-order valence-corrected chi connectivity index (χ3v) is 8.02. The molecular weight excluding hydrogens is 518 g/mol. The summed E-state index contributed by atoms with van der Waals surface area (Å²) in [5, 5.41) is 17.0. The lowest BCUT2D eigenvalue weighted by atomic mass is 10.1. The van der Waals surface area contributed by atoms with Gasteiger partial charge in [-0.05, 0) is 44.5 Å². The molecule has 1 saturated heterocycles. The number of aromatic amines is 1.